The average molecular weight is 469 g/mol. The Kier molecular flexibility index (Phi) is 6.97. The number of benzene rings is 1. The fourth-order valence-corrected chi connectivity index (χ4v) is 5.18. The molecule has 4 rings (SSSR count). The number of fused-ring (bicyclic) bond motifs is 1. The van der Waals surface area contributed by atoms with Gasteiger partial charge in [0, 0.05) is 25.2 Å². The molecule has 33 heavy (non-hydrogen) atoms. The average Bonchev–Trinajstić information content (AvgIpc) is 2.81. The van der Waals surface area contributed by atoms with Gasteiger partial charge in [-0.1, -0.05) is 19.3 Å². The minimum atomic E-state index is -4.53. The Morgan fingerprint density at radius 2 is 1.91 bits per heavy atom. The van der Waals surface area contributed by atoms with Crippen LogP contribution in [0.15, 0.2) is 18.2 Å². The highest BCUT2D eigenvalue weighted by molar-refractivity contribution is 6.11. The molecule has 7 nitrogen and oxygen atoms in total. The van der Waals surface area contributed by atoms with E-state index in [0.29, 0.717) is 19.8 Å². The number of rotatable bonds is 5. The quantitative estimate of drug-likeness (QED) is 0.695. The van der Waals surface area contributed by atoms with Crippen LogP contribution in [0.1, 0.15) is 44.6 Å². The Morgan fingerprint density at radius 3 is 2.58 bits per heavy atom. The van der Waals surface area contributed by atoms with Gasteiger partial charge in [-0.15, -0.1) is 0 Å². The number of anilines is 2. The molecular formula is C23H31F3N4O3. The van der Waals surface area contributed by atoms with E-state index in [-0.39, 0.29) is 29.4 Å². The topological polar surface area (TPSA) is 73.9 Å². The molecule has 2 heterocycles. The number of alkyl halides is 3. The molecule has 1 aliphatic carbocycles. The van der Waals surface area contributed by atoms with Gasteiger partial charge in [0.05, 0.1) is 36.2 Å². The van der Waals surface area contributed by atoms with Crippen LogP contribution in [-0.4, -0.2) is 67.7 Å². The van der Waals surface area contributed by atoms with E-state index in [9.17, 15) is 22.8 Å². The van der Waals surface area contributed by atoms with Crippen molar-refractivity contribution in [3.8, 4) is 0 Å². The molecule has 2 N–H and O–H groups in total. The van der Waals surface area contributed by atoms with Crippen LogP contribution >= 0.6 is 0 Å². The molecule has 1 saturated heterocycles. The van der Waals surface area contributed by atoms with E-state index >= 15 is 0 Å². The Labute approximate surface area is 191 Å². The van der Waals surface area contributed by atoms with Gasteiger partial charge in [0.2, 0.25) is 11.8 Å². The summed E-state index contributed by atoms with van der Waals surface area (Å²) in [5.41, 5.74) is -0.623. The summed E-state index contributed by atoms with van der Waals surface area (Å²) in [6.07, 6.45) is 1.06. The number of hydrogen-bond acceptors (Lipinski definition) is 5. The van der Waals surface area contributed by atoms with Crippen LogP contribution in [0, 0.1) is 0 Å². The molecule has 1 aromatic rings. The first-order chi connectivity index (χ1) is 15.7. The summed E-state index contributed by atoms with van der Waals surface area (Å²) >= 11 is 0. The SMILES string of the molecule is C[C@@H](NCC1(N2CCOCC2)CCCCC1)C(=O)N1CC(=O)Nc2cc(C(F)(F)F)ccc21. The Bertz CT molecular complexity index is 880. The molecule has 0 spiro atoms. The maximum atomic E-state index is 13.3. The predicted octanol–water partition coefficient (Wildman–Crippen LogP) is 3.00. The van der Waals surface area contributed by atoms with Crippen LogP contribution in [0.25, 0.3) is 0 Å². The van der Waals surface area contributed by atoms with Gasteiger partial charge >= 0.3 is 6.18 Å². The molecule has 10 heteroatoms. The fourth-order valence-electron chi connectivity index (χ4n) is 5.18. The summed E-state index contributed by atoms with van der Waals surface area (Å²) in [4.78, 5) is 29.2. The summed E-state index contributed by atoms with van der Waals surface area (Å²) in [5, 5.41) is 5.84. The van der Waals surface area contributed by atoms with Crippen LogP contribution in [0.2, 0.25) is 0 Å². The first kappa shape index (κ1) is 24.0. The fraction of sp³-hybridized carbons (Fsp3) is 0.652. The molecule has 1 saturated carbocycles. The number of nitrogens with zero attached hydrogens (tertiary/aromatic N) is 2. The summed E-state index contributed by atoms with van der Waals surface area (Å²) in [5.74, 6) is -0.849. The van der Waals surface area contributed by atoms with Crippen molar-refractivity contribution in [1.82, 2.24) is 10.2 Å². The standard InChI is InChI=1S/C23H31F3N4O3/c1-16(27-15-22(7-3-2-4-8-22)29-9-11-33-12-10-29)21(32)30-14-20(31)28-18-13-17(23(24,25)26)5-6-19(18)30/h5-6,13,16,27H,2-4,7-12,14-15H2,1H3,(H,28,31)/t16-/m1/s1. The minimum Gasteiger partial charge on any atom is -0.379 e. The smallest absolute Gasteiger partial charge is 0.379 e. The van der Waals surface area contributed by atoms with Crippen molar-refractivity contribution in [3.05, 3.63) is 23.8 Å². The summed E-state index contributed by atoms with van der Waals surface area (Å²) in [7, 11) is 0. The number of amides is 2. The third-order valence-corrected chi connectivity index (χ3v) is 7.03. The monoisotopic (exact) mass is 468 g/mol. The van der Waals surface area contributed by atoms with E-state index in [2.05, 4.69) is 15.5 Å². The van der Waals surface area contributed by atoms with E-state index in [4.69, 9.17) is 4.74 Å². The van der Waals surface area contributed by atoms with Crippen molar-refractivity contribution in [2.75, 3.05) is 49.6 Å². The maximum Gasteiger partial charge on any atom is 0.416 e. The van der Waals surface area contributed by atoms with Crippen molar-refractivity contribution >= 4 is 23.2 Å². The van der Waals surface area contributed by atoms with Crippen LogP contribution in [0.3, 0.4) is 0 Å². The highest BCUT2D eigenvalue weighted by Crippen LogP contribution is 2.37. The molecule has 182 valence electrons. The molecule has 2 aliphatic heterocycles. The lowest BCUT2D eigenvalue weighted by Gasteiger charge is -2.48. The van der Waals surface area contributed by atoms with Crippen molar-refractivity contribution < 1.29 is 27.5 Å². The third-order valence-electron chi connectivity index (χ3n) is 7.03. The van der Waals surface area contributed by atoms with Gasteiger partial charge in [0.25, 0.3) is 0 Å². The number of halogens is 3. The summed E-state index contributed by atoms with van der Waals surface area (Å²) in [6, 6.07) is 2.47. The zero-order valence-electron chi connectivity index (χ0n) is 18.8. The van der Waals surface area contributed by atoms with Crippen LogP contribution in [-0.2, 0) is 20.5 Å². The second-order valence-electron chi connectivity index (χ2n) is 9.19. The van der Waals surface area contributed by atoms with Crippen LogP contribution < -0.4 is 15.5 Å². The number of hydrogen-bond donors (Lipinski definition) is 2. The molecular weight excluding hydrogens is 437 g/mol. The first-order valence-electron chi connectivity index (χ1n) is 11.6. The Morgan fingerprint density at radius 1 is 1.21 bits per heavy atom. The van der Waals surface area contributed by atoms with Crippen molar-refractivity contribution in [3.63, 3.8) is 0 Å². The molecule has 0 aromatic heterocycles. The van der Waals surface area contributed by atoms with E-state index < -0.39 is 23.7 Å². The van der Waals surface area contributed by atoms with Crippen molar-refractivity contribution in [2.45, 2.75) is 56.8 Å². The Balaban J connectivity index is 1.48. The van der Waals surface area contributed by atoms with Gasteiger partial charge in [0.15, 0.2) is 0 Å². The summed E-state index contributed by atoms with van der Waals surface area (Å²) < 4.78 is 44.8. The van der Waals surface area contributed by atoms with Crippen LogP contribution in [0.5, 0.6) is 0 Å². The van der Waals surface area contributed by atoms with Gasteiger partial charge in [-0.05, 0) is 38.0 Å². The zero-order chi connectivity index (χ0) is 23.6. The van der Waals surface area contributed by atoms with Gasteiger partial charge in [0.1, 0.15) is 6.54 Å². The molecule has 0 unspecified atom stereocenters. The number of ether oxygens (including phenoxy) is 1. The predicted molar refractivity (Wildman–Crippen MR) is 118 cm³/mol. The van der Waals surface area contributed by atoms with E-state index in [1.807, 2.05) is 0 Å². The molecule has 1 aromatic carbocycles. The third kappa shape index (κ3) is 5.17. The lowest BCUT2D eigenvalue weighted by molar-refractivity contribution is -0.137. The largest absolute Gasteiger partial charge is 0.416 e. The van der Waals surface area contributed by atoms with Gasteiger partial charge in [-0.25, -0.2) is 0 Å². The number of morpholine rings is 1. The highest BCUT2D eigenvalue weighted by Gasteiger charge is 2.40. The van der Waals surface area contributed by atoms with Crippen LogP contribution in [0.4, 0.5) is 24.5 Å². The molecule has 3 aliphatic rings. The molecule has 1 atom stereocenters. The maximum absolute atomic E-state index is 13.3. The lowest BCUT2D eigenvalue weighted by Crippen LogP contribution is -2.61. The van der Waals surface area contributed by atoms with Gasteiger partial charge in [-0.3, -0.25) is 19.4 Å². The van der Waals surface area contributed by atoms with Crippen molar-refractivity contribution in [1.29, 1.82) is 0 Å². The van der Waals surface area contributed by atoms with E-state index in [1.165, 1.54) is 17.4 Å². The zero-order valence-corrected chi connectivity index (χ0v) is 18.8. The second kappa shape index (κ2) is 9.60. The van der Waals surface area contributed by atoms with Gasteiger partial charge in [-0.2, -0.15) is 13.2 Å². The van der Waals surface area contributed by atoms with E-state index in [1.54, 1.807) is 6.92 Å². The molecule has 2 amide bonds. The lowest BCUT2D eigenvalue weighted by atomic mass is 9.79. The molecule has 0 bridgehead atoms. The number of carbonyl (C=O) groups excluding carboxylic acids is 2. The van der Waals surface area contributed by atoms with Crippen molar-refractivity contribution in [2.24, 2.45) is 0 Å². The van der Waals surface area contributed by atoms with E-state index in [0.717, 1.165) is 50.9 Å². The Hall–Kier alpha value is -2.17. The van der Waals surface area contributed by atoms with Gasteiger partial charge < -0.3 is 15.4 Å². The summed E-state index contributed by atoms with van der Waals surface area (Å²) in [6.45, 7) is 5.30. The second-order valence-corrected chi connectivity index (χ2v) is 9.19. The normalized spacial score (nSPS) is 22.4. The minimum absolute atomic E-state index is 0.00121. The molecule has 0 radical (unpaired) electrons. The number of nitrogens with one attached hydrogen (secondary N) is 2. The highest BCUT2D eigenvalue weighted by atomic mass is 19.4. The first-order valence-corrected chi connectivity index (χ1v) is 11.6. The number of carbonyl (C=O) groups is 2. The molecule has 2 fully saturated rings.